The van der Waals surface area contributed by atoms with E-state index in [4.69, 9.17) is 9.15 Å². The van der Waals surface area contributed by atoms with Crippen LogP contribution in [0.3, 0.4) is 0 Å². The maximum absolute atomic E-state index is 13.0. The summed E-state index contributed by atoms with van der Waals surface area (Å²) in [6, 6.07) is 10.6. The van der Waals surface area contributed by atoms with Crippen LogP contribution in [-0.2, 0) is 25.5 Å². The van der Waals surface area contributed by atoms with Crippen LogP contribution in [0.25, 0.3) is 0 Å². The van der Waals surface area contributed by atoms with E-state index in [0.717, 1.165) is 16.0 Å². The first-order valence-corrected chi connectivity index (χ1v) is 8.73. The summed E-state index contributed by atoms with van der Waals surface area (Å²) in [7, 11) is 2.75. The van der Waals surface area contributed by atoms with Gasteiger partial charge in [0, 0.05) is 25.1 Å². The molecule has 0 radical (unpaired) electrons. The highest BCUT2D eigenvalue weighted by Gasteiger charge is 2.68. The molecule has 140 valence electrons. The molecule has 0 aliphatic carbocycles. The van der Waals surface area contributed by atoms with Crippen LogP contribution in [-0.4, -0.2) is 42.4 Å². The molecule has 7 heteroatoms. The molecule has 2 saturated heterocycles. The van der Waals surface area contributed by atoms with Gasteiger partial charge in [0.1, 0.15) is 5.54 Å². The lowest BCUT2D eigenvalue weighted by Gasteiger charge is -2.32. The van der Waals surface area contributed by atoms with Crippen LogP contribution in [0.15, 0.2) is 53.3 Å². The van der Waals surface area contributed by atoms with Gasteiger partial charge in [-0.2, -0.15) is 0 Å². The number of hydrogen-bond acceptors (Lipinski definition) is 6. The van der Waals surface area contributed by atoms with Crippen molar-refractivity contribution in [1.29, 1.82) is 0 Å². The molecular formula is C20H20N2O5. The van der Waals surface area contributed by atoms with Crippen molar-refractivity contribution in [3.63, 3.8) is 0 Å². The third-order valence-corrected chi connectivity index (χ3v) is 5.65. The number of benzene rings is 1. The summed E-state index contributed by atoms with van der Waals surface area (Å²) in [5.74, 6) is -2.76. The number of carbonyl (C=O) groups excluding carboxylic acids is 3. The van der Waals surface area contributed by atoms with E-state index >= 15 is 0 Å². The summed E-state index contributed by atoms with van der Waals surface area (Å²) in [6.07, 6.45) is 3.27. The van der Waals surface area contributed by atoms with Gasteiger partial charge in [0.25, 0.3) is 0 Å². The van der Waals surface area contributed by atoms with Crippen LogP contribution in [0.4, 0.5) is 0 Å². The SMILES string of the molecule is COC(=O)[C@]1(Cc2ccccc2)N[C@H](c2ccoc2)[C@@H]2C(=O)N(C)C(=O)[C@@H]21. The molecule has 3 heterocycles. The number of amides is 2. The molecule has 1 aromatic heterocycles. The zero-order chi connectivity index (χ0) is 19.2. The number of ether oxygens (including phenoxy) is 1. The Morgan fingerprint density at radius 3 is 2.59 bits per heavy atom. The highest BCUT2D eigenvalue weighted by atomic mass is 16.5. The Labute approximate surface area is 156 Å². The molecule has 2 fully saturated rings. The molecule has 7 nitrogen and oxygen atoms in total. The van der Waals surface area contributed by atoms with Crippen molar-refractivity contribution < 1.29 is 23.5 Å². The first-order chi connectivity index (χ1) is 13.0. The molecule has 0 spiro atoms. The van der Waals surface area contributed by atoms with Crippen LogP contribution in [0.1, 0.15) is 17.2 Å². The molecule has 4 rings (SSSR count). The van der Waals surface area contributed by atoms with Crippen molar-refractivity contribution >= 4 is 17.8 Å². The first kappa shape index (κ1) is 17.5. The lowest BCUT2D eigenvalue weighted by atomic mass is 9.76. The summed E-state index contributed by atoms with van der Waals surface area (Å²) in [6.45, 7) is 0. The normalized spacial score (nSPS) is 29.9. The standard InChI is InChI=1S/C20H20N2O5/c1-22-17(23)14-15(18(22)24)20(19(25)26-2,10-12-6-4-3-5-7-12)21-16(14)13-8-9-27-11-13/h3-9,11,14-16,21H,10H2,1-2H3/t14-,15-,16-,20-/m1/s1. The number of esters is 1. The largest absolute Gasteiger partial charge is 0.472 e. The van der Waals surface area contributed by atoms with Crippen molar-refractivity contribution in [3.8, 4) is 0 Å². The second kappa shape index (κ2) is 6.35. The summed E-state index contributed by atoms with van der Waals surface area (Å²) < 4.78 is 10.3. The summed E-state index contributed by atoms with van der Waals surface area (Å²) in [4.78, 5) is 39.9. The number of imide groups is 1. The number of likely N-dealkylation sites (tertiary alicyclic amines) is 1. The summed E-state index contributed by atoms with van der Waals surface area (Å²) >= 11 is 0. The van der Waals surface area contributed by atoms with Crippen LogP contribution < -0.4 is 5.32 Å². The van der Waals surface area contributed by atoms with Crippen molar-refractivity contribution in [2.75, 3.05) is 14.2 Å². The van der Waals surface area contributed by atoms with Gasteiger partial charge in [0.2, 0.25) is 11.8 Å². The molecule has 2 amide bonds. The van der Waals surface area contributed by atoms with E-state index < -0.39 is 29.4 Å². The van der Waals surface area contributed by atoms with Gasteiger partial charge in [-0.15, -0.1) is 0 Å². The topological polar surface area (TPSA) is 88.8 Å². The van der Waals surface area contributed by atoms with Crippen LogP contribution in [0.2, 0.25) is 0 Å². The van der Waals surface area contributed by atoms with Gasteiger partial charge in [0.15, 0.2) is 0 Å². The van der Waals surface area contributed by atoms with Gasteiger partial charge in [-0.1, -0.05) is 30.3 Å². The average molecular weight is 368 g/mol. The Morgan fingerprint density at radius 2 is 1.96 bits per heavy atom. The Hall–Kier alpha value is -2.93. The van der Waals surface area contributed by atoms with E-state index in [1.807, 2.05) is 30.3 Å². The number of hydrogen-bond donors (Lipinski definition) is 1. The number of rotatable bonds is 4. The molecule has 1 N–H and O–H groups in total. The first-order valence-electron chi connectivity index (χ1n) is 8.73. The van der Waals surface area contributed by atoms with E-state index in [-0.39, 0.29) is 18.2 Å². The third-order valence-electron chi connectivity index (χ3n) is 5.65. The number of methoxy groups -OCH3 is 1. The number of fused-ring (bicyclic) bond motifs is 1. The quantitative estimate of drug-likeness (QED) is 0.647. The van der Waals surface area contributed by atoms with E-state index in [1.54, 1.807) is 6.07 Å². The van der Waals surface area contributed by atoms with E-state index in [0.29, 0.717) is 0 Å². The zero-order valence-corrected chi connectivity index (χ0v) is 15.0. The van der Waals surface area contributed by atoms with Crippen LogP contribution in [0.5, 0.6) is 0 Å². The van der Waals surface area contributed by atoms with Crippen LogP contribution >= 0.6 is 0 Å². The smallest absolute Gasteiger partial charge is 0.327 e. The molecule has 0 saturated carbocycles. The molecule has 0 bridgehead atoms. The number of nitrogens with zero attached hydrogens (tertiary/aromatic N) is 1. The minimum atomic E-state index is -1.33. The Kier molecular flexibility index (Phi) is 4.11. The minimum Gasteiger partial charge on any atom is -0.472 e. The lowest BCUT2D eigenvalue weighted by molar-refractivity contribution is -0.153. The molecule has 2 aliphatic heterocycles. The fraction of sp³-hybridized carbons (Fsp3) is 0.350. The fourth-order valence-corrected chi connectivity index (χ4v) is 4.41. The lowest BCUT2D eigenvalue weighted by Crippen LogP contribution is -2.57. The van der Waals surface area contributed by atoms with Gasteiger partial charge in [-0.25, -0.2) is 0 Å². The average Bonchev–Trinajstić information content (AvgIpc) is 3.37. The Morgan fingerprint density at radius 1 is 1.22 bits per heavy atom. The number of furan rings is 1. The fourth-order valence-electron chi connectivity index (χ4n) is 4.41. The van der Waals surface area contributed by atoms with Crippen molar-refractivity contribution in [1.82, 2.24) is 10.2 Å². The summed E-state index contributed by atoms with van der Waals surface area (Å²) in [5, 5.41) is 3.29. The predicted molar refractivity (Wildman–Crippen MR) is 94.2 cm³/mol. The second-order valence-electron chi connectivity index (χ2n) is 7.04. The number of carbonyl (C=O) groups is 3. The van der Waals surface area contributed by atoms with E-state index in [9.17, 15) is 14.4 Å². The van der Waals surface area contributed by atoms with Crippen molar-refractivity contribution in [2.24, 2.45) is 11.8 Å². The predicted octanol–water partition coefficient (Wildman–Crippen LogP) is 1.31. The van der Waals surface area contributed by atoms with Gasteiger partial charge < -0.3 is 9.15 Å². The highest BCUT2D eigenvalue weighted by Crippen LogP contribution is 2.50. The Bertz CT molecular complexity index is 879. The molecule has 4 atom stereocenters. The third kappa shape index (κ3) is 2.49. The molecule has 0 unspecified atom stereocenters. The van der Waals surface area contributed by atoms with Gasteiger partial charge in [-0.05, 0) is 11.6 Å². The summed E-state index contributed by atoms with van der Waals surface area (Å²) in [5.41, 5.74) is 0.261. The van der Waals surface area contributed by atoms with Gasteiger partial charge >= 0.3 is 5.97 Å². The van der Waals surface area contributed by atoms with Gasteiger partial charge in [0.05, 0.1) is 31.5 Å². The number of nitrogens with one attached hydrogen (secondary N) is 1. The van der Waals surface area contributed by atoms with Crippen molar-refractivity contribution in [3.05, 3.63) is 60.1 Å². The molecule has 2 aromatic rings. The molecule has 1 aromatic carbocycles. The van der Waals surface area contributed by atoms with E-state index in [2.05, 4.69) is 5.32 Å². The van der Waals surface area contributed by atoms with Crippen LogP contribution in [0, 0.1) is 11.8 Å². The molecular weight excluding hydrogens is 348 g/mol. The maximum Gasteiger partial charge on any atom is 0.327 e. The Balaban J connectivity index is 1.85. The second-order valence-corrected chi connectivity index (χ2v) is 7.04. The highest BCUT2D eigenvalue weighted by molar-refractivity contribution is 6.09. The zero-order valence-electron chi connectivity index (χ0n) is 15.0. The molecule has 27 heavy (non-hydrogen) atoms. The van der Waals surface area contributed by atoms with Crippen molar-refractivity contribution in [2.45, 2.75) is 18.0 Å². The van der Waals surface area contributed by atoms with Gasteiger partial charge in [-0.3, -0.25) is 24.6 Å². The van der Waals surface area contributed by atoms with E-state index in [1.165, 1.54) is 26.7 Å². The molecule has 2 aliphatic rings. The minimum absolute atomic E-state index is 0.239. The monoisotopic (exact) mass is 368 g/mol. The maximum atomic E-state index is 13.0.